The van der Waals surface area contributed by atoms with Crippen LogP contribution in [-0.4, -0.2) is 0 Å². The molecule has 0 aromatic heterocycles. The Morgan fingerprint density at radius 3 is 2.33 bits per heavy atom. The van der Waals surface area contributed by atoms with Crippen molar-refractivity contribution < 1.29 is 8.78 Å². The van der Waals surface area contributed by atoms with Gasteiger partial charge in [0, 0.05) is 12.0 Å². The maximum atomic E-state index is 13.8. The van der Waals surface area contributed by atoms with E-state index in [1.54, 1.807) is 6.07 Å². The highest BCUT2D eigenvalue weighted by molar-refractivity contribution is 5.43. The molecule has 0 spiro atoms. The van der Waals surface area contributed by atoms with Crippen molar-refractivity contribution in [2.24, 2.45) is 11.7 Å². The number of benzene rings is 1. The van der Waals surface area contributed by atoms with E-state index in [1.807, 2.05) is 0 Å². The van der Waals surface area contributed by atoms with Gasteiger partial charge in [-0.1, -0.05) is 12.0 Å². The van der Waals surface area contributed by atoms with E-state index in [0.29, 0.717) is 5.56 Å². The van der Waals surface area contributed by atoms with Gasteiger partial charge in [0.25, 0.3) is 0 Å². The van der Waals surface area contributed by atoms with Crippen LogP contribution in [0.25, 0.3) is 0 Å². The fourth-order valence-electron chi connectivity index (χ4n) is 2.56. The second-order valence-electron chi connectivity index (χ2n) is 4.71. The van der Waals surface area contributed by atoms with Gasteiger partial charge in [0.1, 0.15) is 0 Å². The number of rotatable bonds is 1. The summed E-state index contributed by atoms with van der Waals surface area (Å²) in [6.45, 7) is 0. The average molecular weight is 250 g/mol. The van der Waals surface area contributed by atoms with E-state index in [1.165, 1.54) is 6.07 Å². The zero-order chi connectivity index (χ0) is 13.1. The lowest BCUT2D eigenvalue weighted by atomic mass is 9.79. The number of halogens is 2. The minimum atomic E-state index is -0.934. The highest BCUT2D eigenvalue weighted by Crippen LogP contribution is 2.37. The number of hydrogen-bond donors (Lipinski definition) is 2. The van der Waals surface area contributed by atoms with E-state index in [-0.39, 0.29) is 17.5 Å². The summed E-state index contributed by atoms with van der Waals surface area (Å²) >= 11 is 0. The molecule has 96 valence electrons. The van der Waals surface area contributed by atoms with Crippen LogP contribution in [0.15, 0.2) is 12.1 Å². The molecule has 1 saturated carbocycles. The second-order valence-corrected chi connectivity index (χ2v) is 4.71. The van der Waals surface area contributed by atoms with Gasteiger partial charge in [-0.15, -0.1) is 0 Å². The van der Waals surface area contributed by atoms with Crippen LogP contribution in [-0.2, 0) is 0 Å². The summed E-state index contributed by atoms with van der Waals surface area (Å²) in [6, 6.07) is 5.44. The quantitative estimate of drug-likeness (QED) is 0.457. The van der Waals surface area contributed by atoms with Gasteiger partial charge in [-0.05, 0) is 43.2 Å². The zero-order valence-corrected chi connectivity index (χ0v) is 10.0. The highest BCUT2D eigenvalue weighted by atomic mass is 19.2. The molecule has 0 heterocycles. The van der Waals surface area contributed by atoms with E-state index >= 15 is 0 Å². The predicted molar refractivity (Wildman–Crippen MR) is 67.4 cm³/mol. The third kappa shape index (κ3) is 2.40. The Labute approximate surface area is 105 Å². The summed E-state index contributed by atoms with van der Waals surface area (Å²) in [5.74, 6) is 1.53. The Morgan fingerprint density at radius 2 is 1.72 bits per heavy atom. The van der Waals surface area contributed by atoms with Crippen molar-refractivity contribution in [1.29, 1.82) is 0 Å². The Bertz CT molecular complexity index is 494. The fraction of sp³-hybridized carbons (Fsp3) is 0.429. The number of anilines is 1. The molecule has 1 aliphatic carbocycles. The van der Waals surface area contributed by atoms with Crippen molar-refractivity contribution >= 4 is 5.69 Å². The SMILES string of the molecule is NC#CC1CCC(c2ccc(N)c(F)c2F)CC1. The molecule has 0 unspecified atom stereocenters. The molecule has 18 heavy (non-hydrogen) atoms. The lowest BCUT2D eigenvalue weighted by Gasteiger charge is -2.26. The van der Waals surface area contributed by atoms with Crippen molar-refractivity contribution in [2.45, 2.75) is 31.6 Å². The van der Waals surface area contributed by atoms with Gasteiger partial charge in [-0.3, -0.25) is 0 Å². The first-order valence-corrected chi connectivity index (χ1v) is 6.08. The van der Waals surface area contributed by atoms with Crippen LogP contribution in [0.5, 0.6) is 0 Å². The second kappa shape index (κ2) is 5.26. The molecule has 2 nitrogen and oxygen atoms in total. The molecular formula is C14H16F2N2. The van der Waals surface area contributed by atoms with E-state index in [4.69, 9.17) is 11.5 Å². The molecule has 0 atom stereocenters. The summed E-state index contributed by atoms with van der Waals surface area (Å²) in [7, 11) is 0. The van der Waals surface area contributed by atoms with Crippen LogP contribution in [0.4, 0.5) is 14.5 Å². The predicted octanol–water partition coefficient (Wildman–Crippen LogP) is 2.74. The molecule has 0 bridgehead atoms. The van der Waals surface area contributed by atoms with Crippen LogP contribution in [0.3, 0.4) is 0 Å². The van der Waals surface area contributed by atoms with E-state index in [9.17, 15) is 8.78 Å². The Balaban J connectivity index is 2.14. The van der Waals surface area contributed by atoms with Gasteiger partial charge in [0.15, 0.2) is 11.6 Å². The topological polar surface area (TPSA) is 52.0 Å². The van der Waals surface area contributed by atoms with E-state index < -0.39 is 11.6 Å². The van der Waals surface area contributed by atoms with E-state index in [2.05, 4.69) is 12.0 Å². The molecule has 0 radical (unpaired) electrons. The maximum absolute atomic E-state index is 13.8. The van der Waals surface area contributed by atoms with E-state index in [0.717, 1.165) is 25.7 Å². The third-order valence-corrected chi connectivity index (χ3v) is 3.60. The van der Waals surface area contributed by atoms with Gasteiger partial charge in [0.2, 0.25) is 0 Å². The Morgan fingerprint density at radius 1 is 1.06 bits per heavy atom. The summed E-state index contributed by atoms with van der Waals surface area (Å²) in [5.41, 5.74) is 10.8. The van der Waals surface area contributed by atoms with Crippen molar-refractivity contribution in [3.05, 3.63) is 29.3 Å². The molecule has 1 aromatic carbocycles. The molecular weight excluding hydrogens is 234 g/mol. The van der Waals surface area contributed by atoms with Gasteiger partial charge in [-0.2, -0.15) is 0 Å². The Kier molecular flexibility index (Phi) is 3.71. The monoisotopic (exact) mass is 250 g/mol. The molecule has 4 heteroatoms. The average Bonchev–Trinajstić information content (AvgIpc) is 2.38. The fourth-order valence-corrected chi connectivity index (χ4v) is 2.56. The molecule has 1 fully saturated rings. The molecule has 0 saturated heterocycles. The summed E-state index contributed by atoms with van der Waals surface area (Å²) < 4.78 is 27.2. The molecule has 2 rings (SSSR count). The maximum Gasteiger partial charge on any atom is 0.181 e. The number of nitrogen functional groups attached to an aromatic ring is 1. The van der Waals surface area contributed by atoms with Crippen LogP contribution in [0, 0.1) is 29.5 Å². The normalized spacial score (nSPS) is 23.2. The lowest BCUT2D eigenvalue weighted by molar-refractivity contribution is 0.371. The number of hydrogen-bond acceptors (Lipinski definition) is 2. The van der Waals surface area contributed by atoms with Gasteiger partial charge >= 0.3 is 0 Å². The summed E-state index contributed by atoms with van der Waals surface area (Å²) in [5, 5.41) is 0. The first-order valence-electron chi connectivity index (χ1n) is 6.08. The van der Waals surface area contributed by atoms with Crippen LogP contribution in [0.2, 0.25) is 0 Å². The largest absolute Gasteiger partial charge is 0.396 e. The minimum absolute atomic E-state index is 0.0518. The Hall–Kier alpha value is -1.76. The molecule has 1 aliphatic rings. The number of nitrogens with two attached hydrogens (primary N) is 2. The van der Waals surface area contributed by atoms with Gasteiger partial charge in [0.05, 0.1) is 5.69 Å². The van der Waals surface area contributed by atoms with Crippen molar-refractivity contribution in [2.75, 3.05) is 5.73 Å². The molecule has 0 amide bonds. The van der Waals surface area contributed by atoms with Crippen LogP contribution >= 0.6 is 0 Å². The molecule has 1 aromatic rings. The zero-order valence-electron chi connectivity index (χ0n) is 10.0. The lowest BCUT2D eigenvalue weighted by Crippen LogP contribution is -2.14. The molecule has 0 aliphatic heterocycles. The minimum Gasteiger partial charge on any atom is -0.396 e. The third-order valence-electron chi connectivity index (χ3n) is 3.60. The highest BCUT2D eigenvalue weighted by Gasteiger charge is 2.25. The molecule has 4 N–H and O–H groups in total. The first kappa shape index (κ1) is 12.7. The van der Waals surface area contributed by atoms with Gasteiger partial charge < -0.3 is 11.5 Å². The summed E-state index contributed by atoms with van der Waals surface area (Å²) in [6.07, 6.45) is 3.36. The van der Waals surface area contributed by atoms with Crippen LogP contribution < -0.4 is 11.5 Å². The van der Waals surface area contributed by atoms with Crippen molar-refractivity contribution in [3.63, 3.8) is 0 Å². The van der Waals surface area contributed by atoms with Crippen molar-refractivity contribution in [1.82, 2.24) is 0 Å². The van der Waals surface area contributed by atoms with Crippen molar-refractivity contribution in [3.8, 4) is 12.0 Å². The van der Waals surface area contributed by atoms with Gasteiger partial charge in [-0.25, -0.2) is 8.78 Å². The first-order chi connectivity index (χ1) is 8.63. The summed E-state index contributed by atoms with van der Waals surface area (Å²) in [4.78, 5) is 0. The standard InChI is InChI=1S/C14H16F2N2/c15-13-11(5-6-12(18)14(13)16)10-3-1-9(2-4-10)7-8-17/h5-6,9-10H,1-4,17-18H2. The smallest absolute Gasteiger partial charge is 0.181 e. The van der Waals surface area contributed by atoms with Crippen LogP contribution in [0.1, 0.15) is 37.2 Å².